The molecule has 1 aromatic carbocycles. The average Bonchev–Trinajstić information content (AvgIpc) is 3.25. The number of amides is 1. The number of esters is 1. The Balaban J connectivity index is 2.03. The van der Waals surface area contributed by atoms with E-state index in [0.717, 1.165) is 32.1 Å². The van der Waals surface area contributed by atoms with Crippen LogP contribution in [0.2, 0.25) is 0 Å². The van der Waals surface area contributed by atoms with E-state index in [9.17, 15) is 9.59 Å². The number of likely N-dealkylation sites (N-methyl/N-ethyl adjacent to an activating group) is 1. The van der Waals surface area contributed by atoms with Gasteiger partial charge in [-0.2, -0.15) is 4.68 Å². The van der Waals surface area contributed by atoms with Gasteiger partial charge in [-0.25, -0.2) is 4.79 Å². The lowest BCUT2D eigenvalue weighted by Gasteiger charge is -2.43. The average molecular weight is 401 g/mol. The highest BCUT2D eigenvalue weighted by molar-refractivity contribution is 5.90. The lowest BCUT2D eigenvalue weighted by Crippen LogP contribution is -2.51. The van der Waals surface area contributed by atoms with Crippen LogP contribution in [0, 0.1) is 0 Å². The van der Waals surface area contributed by atoms with Gasteiger partial charge >= 0.3 is 5.97 Å². The van der Waals surface area contributed by atoms with Gasteiger partial charge in [-0.3, -0.25) is 4.79 Å². The Bertz CT molecular complexity index is 860. The Hall–Kier alpha value is -2.81. The van der Waals surface area contributed by atoms with Crippen molar-refractivity contribution >= 4 is 11.9 Å². The third-order valence-corrected chi connectivity index (χ3v) is 5.45. The molecule has 1 aliphatic rings. The van der Waals surface area contributed by atoms with Crippen LogP contribution in [0.25, 0.3) is 5.69 Å². The fourth-order valence-electron chi connectivity index (χ4n) is 3.93. The van der Waals surface area contributed by atoms with E-state index < -0.39 is 11.5 Å². The smallest absolute Gasteiger partial charge is 0.338 e. The minimum Gasteiger partial charge on any atom is -0.462 e. The molecule has 3 rings (SSSR count). The van der Waals surface area contributed by atoms with Crippen LogP contribution in [-0.4, -0.2) is 64.4 Å². The summed E-state index contributed by atoms with van der Waals surface area (Å²) in [5.41, 5.74) is 0.442. The zero-order chi connectivity index (χ0) is 20.9. The minimum absolute atomic E-state index is 0.00183. The first-order valence-corrected chi connectivity index (χ1v) is 9.85. The van der Waals surface area contributed by atoms with Crippen molar-refractivity contribution in [3.05, 3.63) is 35.7 Å². The number of tetrazole rings is 1. The van der Waals surface area contributed by atoms with Crippen molar-refractivity contribution in [1.82, 2.24) is 25.1 Å². The van der Waals surface area contributed by atoms with Crippen molar-refractivity contribution in [2.24, 2.45) is 0 Å². The summed E-state index contributed by atoms with van der Waals surface area (Å²) in [6.07, 6.45) is 4.57. The second-order valence-electron chi connectivity index (χ2n) is 7.16. The molecule has 1 aromatic heterocycles. The zero-order valence-electron chi connectivity index (χ0n) is 17.1. The number of carbonyl (C=O) groups excluding carboxylic acids is 2. The van der Waals surface area contributed by atoms with Crippen molar-refractivity contribution in [2.75, 3.05) is 27.4 Å². The molecule has 0 bridgehead atoms. The summed E-state index contributed by atoms with van der Waals surface area (Å²) in [5.74, 6) is 0.0677. The lowest BCUT2D eigenvalue weighted by molar-refractivity contribution is -0.142. The monoisotopic (exact) mass is 401 g/mol. The number of nitrogens with zero attached hydrogens (tertiary/aromatic N) is 5. The van der Waals surface area contributed by atoms with Crippen LogP contribution in [-0.2, 0) is 19.8 Å². The highest BCUT2D eigenvalue weighted by atomic mass is 16.5. The van der Waals surface area contributed by atoms with E-state index in [-0.39, 0.29) is 12.5 Å². The first kappa shape index (κ1) is 20.9. The normalized spacial score (nSPS) is 15.7. The van der Waals surface area contributed by atoms with Gasteiger partial charge in [0.2, 0.25) is 5.91 Å². The molecule has 1 saturated carbocycles. The highest BCUT2D eigenvalue weighted by Gasteiger charge is 2.44. The first-order valence-electron chi connectivity index (χ1n) is 9.85. The third-order valence-electron chi connectivity index (χ3n) is 5.45. The maximum absolute atomic E-state index is 12.7. The van der Waals surface area contributed by atoms with Crippen molar-refractivity contribution in [3.63, 3.8) is 0 Å². The number of aromatic nitrogens is 4. The first-order chi connectivity index (χ1) is 14.0. The van der Waals surface area contributed by atoms with Crippen LogP contribution in [0.15, 0.2) is 24.3 Å². The molecule has 0 aliphatic heterocycles. The number of rotatable bonds is 7. The van der Waals surface area contributed by atoms with Crippen LogP contribution in [0.5, 0.6) is 0 Å². The number of hydrogen-bond acceptors (Lipinski definition) is 7. The quantitative estimate of drug-likeness (QED) is 0.655. The largest absolute Gasteiger partial charge is 0.462 e. The van der Waals surface area contributed by atoms with Crippen molar-refractivity contribution in [2.45, 2.75) is 44.6 Å². The van der Waals surface area contributed by atoms with Gasteiger partial charge in [-0.15, -0.1) is 5.10 Å². The molecule has 0 spiro atoms. The van der Waals surface area contributed by atoms with Gasteiger partial charge in [0.15, 0.2) is 5.82 Å². The fourth-order valence-corrected chi connectivity index (χ4v) is 3.93. The number of methoxy groups -OCH3 is 1. The van der Waals surface area contributed by atoms with E-state index in [0.29, 0.717) is 23.7 Å². The van der Waals surface area contributed by atoms with Gasteiger partial charge in [0, 0.05) is 14.2 Å². The molecule has 2 aromatic rings. The third kappa shape index (κ3) is 4.14. The maximum Gasteiger partial charge on any atom is 0.338 e. The highest BCUT2D eigenvalue weighted by Crippen LogP contribution is 2.41. The summed E-state index contributed by atoms with van der Waals surface area (Å²) in [6, 6.07) is 6.98. The topological polar surface area (TPSA) is 99.4 Å². The van der Waals surface area contributed by atoms with Gasteiger partial charge in [-0.1, -0.05) is 25.3 Å². The Labute approximate surface area is 170 Å². The number of ether oxygens (including phenoxy) is 2. The Kier molecular flexibility index (Phi) is 6.58. The second kappa shape index (κ2) is 9.13. The molecule has 0 saturated heterocycles. The van der Waals surface area contributed by atoms with E-state index in [1.54, 1.807) is 41.8 Å². The maximum atomic E-state index is 12.7. The van der Waals surface area contributed by atoms with Crippen LogP contribution in [0.1, 0.15) is 55.2 Å². The van der Waals surface area contributed by atoms with E-state index in [4.69, 9.17) is 9.47 Å². The summed E-state index contributed by atoms with van der Waals surface area (Å²) in [4.78, 5) is 26.5. The molecule has 1 fully saturated rings. The van der Waals surface area contributed by atoms with E-state index in [1.165, 1.54) is 7.11 Å². The molecule has 0 N–H and O–H groups in total. The molecular weight excluding hydrogens is 374 g/mol. The summed E-state index contributed by atoms with van der Waals surface area (Å²) >= 11 is 0. The molecule has 1 amide bonds. The predicted octanol–water partition coefficient (Wildman–Crippen LogP) is 2.10. The van der Waals surface area contributed by atoms with Crippen LogP contribution >= 0.6 is 0 Å². The fraction of sp³-hybridized carbons (Fsp3) is 0.550. The van der Waals surface area contributed by atoms with Gasteiger partial charge < -0.3 is 14.4 Å². The molecular formula is C20H27N5O4. The van der Waals surface area contributed by atoms with Gasteiger partial charge in [0.25, 0.3) is 0 Å². The summed E-state index contributed by atoms with van der Waals surface area (Å²) in [6.45, 7) is 2.06. The molecule has 1 aliphatic carbocycles. The Morgan fingerprint density at radius 2 is 2.00 bits per heavy atom. The molecule has 156 valence electrons. The van der Waals surface area contributed by atoms with Gasteiger partial charge in [0.1, 0.15) is 12.1 Å². The lowest BCUT2D eigenvalue weighted by atomic mass is 9.79. The van der Waals surface area contributed by atoms with E-state index in [1.807, 2.05) is 6.07 Å². The van der Waals surface area contributed by atoms with Crippen LogP contribution < -0.4 is 0 Å². The molecule has 0 radical (unpaired) electrons. The van der Waals surface area contributed by atoms with Crippen molar-refractivity contribution in [3.8, 4) is 5.69 Å². The summed E-state index contributed by atoms with van der Waals surface area (Å²) < 4.78 is 11.8. The van der Waals surface area contributed by atoms with Crippen molar-refractivity contribution < 1.29 is 19.1 Å². The summed E-state index contributed by atoms with van der Waals surface area (Å²) in [7, 11) is 3.28. The number of hydrogen-bond donors (Lipinski definition) is 0. The molecule has 1 heterocycles. The van der Waals surface area contributed by atoms with Gasteiger partial charge in [-0.05, 0) is 48.4 Å². The van der Waals surface area contributed by atoms with Crippen LogP contribution in [0.4, 0.5) is 0 Å². The SMILES string of the molecule is CCOC(=O)c1cccc(-n2nnnc2C2(N(C)C(=O)COC)CCCCC2)c1. The zero-order valence-corrected chi connectivity index (χ0v) is 17.1. The number of carbonyl (C=O) groups is 2. The summed E-state index contributed by atoms with van der Waals surface area (Å²) in [5, 5.41) is 12.4. The van der Waals surface area contributed by atoms with Gasteiger partial charge in [0.05, 0.1) is 17.9 Å². The molecule has 9 heteroatoms. The molecule has 0 atom stereocenters. The Morgan fingerprint density at radius 3 is 2.69 bits per heavy atom. The second-order valence-corrected chi connectivity index (χ2v) is 7.16. The minimum atomic E-state index is -0.628. The number of benzene rings is 1. The standard InChI is InChI=1S/C20H27N5O4/c1-4-29-18(27)15-9-8-10-16(13-15)25-19(21-22-23-25)20(11-6-5-7-12-20)24(2)17(26)14-28-3/h8-10,13H,4-7,11-12,14H2,1-3H3. The van der Waals surface area contributed by atoms with E-state index in [2.05, 4.69) is 15.5 Å². The molecule has 29 heavy (non-hydrogen) atoms. The van der Waals surface area contributed by atoms with E-state index >= 15 is 0 Å². The van der Waals surface area contributed by atoms with Crippen molar-refractivity contribution in [1.29, 1.82) is 0 Å². The van der Waals surface area contributed by atoms with Crippen LogP contribution in [0.3, 0.4) is 0 Å². The predicted molar refractivity (Wildman–Crippen MR) is 105 cm³/mol. The Morgan fingerprint density at radius 1 is 1.24 bits per heavy atom. The molecule has 9 nitrogen and oxygen atoms in total. The molecule has 0 unspecified atom stereocenters.